The fraction of sp³-hybridized carbons (Fsp3) is 0.333. The largest absolute Gasteiger partial charge is 0.389 e. The average molecular weight is 292 g/mol. The van der Waals surface area contributed by atoms with E-state index in [9.17, 15) is 4.79 Å². The molecule has 5 heteroatoms. The summed E-state index contributed by atoms with van der Waals surface area (Å²) in [5, 5.41) is 15.3. The molecule has 0 radical (unpaired) electrons. The number of hydrogen-bond donors (Lipinski definition) is 2. The van der Waals surface area contributed by atoms with Gasteiger partial charge in [-0.25, -0.2) is 0 Å². The van der Waals surface area contributed by atoms with Gasteiger partial charge in [0.05, 0.1) is 0 Å². The minimum atomic E-state index is -0.339. The molecule has 1 aromatic carbocycles. The first-order valence-corrected chi connectivity index (χ1v) is 6.91. The highest BCUT2D eigenvalue weighted by molar-refractivity contribution is 6.30. The Hall–Kier alpha value is -1.99. The van der Waals surface area contributed by atoms with Crippen LogP contribution in [0.2, 0.25) is 5.02 Å². The van der Waals surface area contributed by atoms with Crippen LogP contribution < -0.4 is 10.6 Å². The maximum Gasteiger partial charge on any atom is 0.263 e. The lowest BCUT2D eigenvalue weighted by Gasteiger charge is -2.04. The highest BCUT2D eigenvalue weighted by atomic mass is 35.5. The van der Waals surface area contributed by atoms with Crippen molar-refractivity contribution >= 4 is 17.5 Å². The zero-order valence-corrected chi connectivity index (χ0v) is 12.2. The van der Waals surface area contributed by atoms with Crippen molar-refractivity contribution in [3.63, 3.8) is 0 Å². The second kappa shape index (κ2) is 9.00. The van der Waals surface area contributed by atoms with Crippen LogP contribution in [0.25, 0.3) is 0 Å². The van der Waals surface area contributed by atoms with E-state index in [-0.39, 0.29) is 11.5 Å². The monoisotopic (exact) mass is 291 g/mol. The fourth-order valence-electron chi connectivity index (χ4n) is 1.52. The molecule has 0 aliphatic heterocycles. The molecule has 2 N–H and O–H groups in total. The summed E-state index contributed by atoms with van der Waals surface area (Å²) in [5.74, 6) is -0.339. The topological polar surface area (TPSA) is 64.9 Å². The number of rotatable bonds is 7. The molecule has 0 saturated carbocycles. The average Bonchev–Trinajstić information content (AvgIpc) is 2.46. The molecular weight excluding hydrogens is 274 g/mol. The number of hydrogen-bond acceptors (Lipinski definition) is 3. The fourth-order valence-corrected chi connectivity index (χ4v) is 1.65. The summed E-state index contributed by atoms with van der Waals surface area (Å²) in [6, 6.07) is 9.47. The third-order valence-electron chi connectivity index (χ3n) is 2.62. The van der Waals surface area contributed by atoms with Crippen LogP contribution in [0.1, 0.15) is 18.9 Å². The smallest absolute Gasteiger partial charge is 0.263 e. The van der Waals surface area contributed by atoms with Gasteiger partial charge in [0.2, 0.25) is 0 Å². The van der Waals surface area contributed by atoms with Crippen LogP contribution in [0.5, 0.6) is 0 Å². The first kappa shape index (κ1) is 16.1. The van der Waals surface area contributed by atoms with Gasteiger partial charge in [0.25, 0.3) is 5.91 Å². The lowest BCUT2D eigenvalue weighted by Crippen LogP contribution is -2.26. The first-order chi connectivity index (χ1) is 9.67. The molecule has 0 aliphatic carbocycles. The van der Waals surface area contributed by atoms with Crippen LogP contribution in [0, 0.1) is 11.3 Å². The Labute approximate surface area is 124 Å². The summed E-state index contributed by atoms with van der Waals surface area (Å²) in [7, 11) is 0. The molecule has 1 rings (SSSR count). The van der Waals surface area contributed by atoms with Crippen molar-refractivity contribution in [3.05, 3.63) is 46.6 Å². The van der Waals surface area contributed by atoms with Crippen molar-refractivity contribution in [1.29, 1.82) is 5.26 Å². The van der Waals surface area contributed by atoms with E-state index in [1.807, 2.05) is 37.3 Å². The predicted octanol–water partition coefficient (Wildman–Crippen LogP) is 2.41. The van der Waals surface area contributed by atoms with Crippen molar-refractivity contribution in [2.45, 2.75) is 19.8 Å². The molecule has 4 nitrogen and oxygen atoms in total. The summed E-state index contributed by atoms with van der Waals surface area (Å²) < 4.78 is 0. The SMILES string of the molecule is CCCNC(=O)/C(C#N)=C\NCCc1ccc(Cl)cc1. The standard InChI is InChI=1S/C15H18ClN3O/c1-2-8-19-15(20)13(10-17)11-18-9-7-12-3-5-14(16)6-4-12/h3-6,11,18H,2,7-9H2,1H3,(H,19,20)/b13-11-. The molecule has 1 amide bonds. The Balaban J connectivity index is 2.40. The van der Waals surface area contributed by atoms with E-state index in [1.54, 1.807) is 0 Å². The molecule has 20 heavy (non-hydrogen) atoms. The zero-order chi connectivity index (χ0) is 14.8. The van der Waals surface area contributed by atoms with Gasteiger partial charge in [0.1, 0.15) is 11.6 Å². The summed E-state index contributed by atoms with van der Waals surface area (Å²) in [5.41, 5.74) is 1.23. The van der Waals surface area contributed by atoms with Crippen LogP contribution >= 0.6 is 11.6 Å². The van der Waals surface area contributed by atoms with Gasteiger partial charge in [0, 0.05) is 24.3 Å². The molecule has 106 valence electrons. The van der Waals surface area contributed by atoms with Crippen LogP contribution in [-0.4, -0.2) is 19.0 Å². The Morgan fingerprint density at radius 1 is 1.35 bits per heavy atom. The first-order valence-electron chi connectivity index (χ1n) is 6.53. The Morgan fingerprint density at radius 2 is 2.05 bits per heavy atom. The molecule has 0 bridgehead atoms. The van der Waals surface area contributed by atoms with E-state index >= 15 is 0 Å². The Kier molecular flexibility index (Phi) is 7.23. The molecule has 0 unspecified atom stereocenters. The van der Waals surface area contributed by atoms with Crippen molar-refractivity contribution in [2.75, 3.05) is 13.1 Å². The highest BCUT2D eigenvalue weighted by Gasteiger charge is 2.06. The van der Waals surface area contributed by atoms with E-state index in [4.69, 9.17) is 16.9 Å². The third kappa shape index (κ3) is 5.77. The van der Waals surface area contributed by atoms with E-state index in [2.05, 4.69) is 10.6 Å². The van der Waals surface area contributed by atoms with Crippen LogP contribution in [0.4, 0.5) is 0 Å². The Morgan fingerprint density at radius 3 is 2.65 bits per heavy atom. The number of nitriles is 1. The van der Waals surface area contributed by atoms with Gasteiger partial charge in [-0.3, -0.25) is 4.79 Å². The van der Waals surface area contributed by atoms with E-state index in [0.717, 1.165) is 18.4 Å². The summed E-state index contributed by atoms with van der Waals surface area (Å²) in [4.78, 5) is 11.6. The maximum atomic E-state index is 11.6. The van der Waals surface area contributed by atoms with Crippen LogP contribution in [0.3, 0.4) is 0 Å². The second-order valence-corrected chi connectivity index (χ2v) is 4.69. The number of nitrogens with one attached hydrogen (secondary N) is 2. The quantitative estimate of drug-likeness (QED) is 0.461. The van der Waals surface area contributed by atoms with Gasteiger partial charge in [0.15, 0.2) is 0 Å². The maximum absolute atomic E-state index is 11.6. The van der Waals surface area contributed by atoms with Crippen molar-refractivity contribution in [2.24, 2.45) is 0 Å². The minimum Gasteiger partial charge on any atom is -0.389 e. The van der Waals surface area contributed by atoms with Crippen molar-refractivity contribution in [1.82, 2.24) is 10.6 Å². The van der Waals surface area contributed by atoms with Gasteiger partial charge >= 0.3 is 0 Å². The molecule has 1 aromatic rings. The number of carbonyl (C=O) groups excluding carboxylic acids is 1. The summed E-state index contributed by atoms with van der Waals surface area (Å²) >= 11 is 5.80. The van der Waals surface area contributed by atoms with Gasteiger partial charge < -0.3 is 10.6 Å². The lowest BCUT2D eigenvalue weighted by atomic mass is 10.1. The van der Waals surface area contributed by atoms with E-state index < -0.39 is 0 Å². The number of benzene rings is 1. The summed E-state index contributed by atoms with van der Waals surface area (Å²) in [6.45, 7) is 3.18. The molecular formula is C15H18ClN3O. The molecule has 0 aromatic heterocycles. The predicted molar refractivity (Wildman–Crippen MR) is 80.2 cm³/mol. The molecule has 0 atom stereocenters. The molecule has 0 saturated heterocycles. The number of amides is 1. The molecule has 0 aliphatic rings. The Bertz CT molecular complexity index is 503. The normalized spacial score (nSPS) is 10.8. The minimum absolute atomic E-state index is 0.0922. The number of nitrogens with zero attached hydrogens (tertiary/aromatic N) is 1. The van der Waals surface area contributed by atoms with Gasteiger partial charge in [-0.15, -0.1) is 0 Å². The van der Waals surface area contributed by atoms with Gasteiger partial charge in [-0.05, 0) is 30.5 Å². The zero-order valence-electron chi connectivity index (χ0n) is 11.4. The van der Waals surface area contributed by atoms with Crippen LogP contribution in [0.15, 0.2) is 36.0 Å². The van der Waals surface area contributed by atoms with Gasteiger partial charge in [-0.2, -0.15) is 5.26 Å². The second-order valence-electron chi connectivity index (χ2n) is 4.26. The van der Waals surface area contributed by atoms with E-state index in [1.165, 1.54) is 6.20 Å². The third-order valence-corrected chi connectivity index (χ3v) is 2.87. The molecule has 0 fully saturated rings. The molecule has 0 heterocycles. The lowest BCUT2D eigenvalue weighted by molar-refractivity contribution is -0.117. The number of halogens is 1. The van der Waals surface area contributed by atoms with Gasteiger partial charge in [-0.1, -0.05) is 30.7 Å². The van der Waals surface area contributed by atoms with E-state index in [0.29, 0.717) is 18.1 Å². The van der Waals surface area contributed by atoms with Crippen molar-refractivity contribution < 1.29 is 4.79 Å². The molecule has 0 spiro atoms. The van der Waals surface area contributed by atoms with Crippen molar-refractivity contribution in [3.8, 4) is 6.07 Å². The summed E-state index contributed by atoms with van der Waals surface area (Å²) in [6.07, 6.45) is 3.10. The highest BCUT2D eigenvalue weighted by Crippen LogP contribution is 2.09. The van der Waals surface area contributed by atoms with Crippen LogP contribution in [-0.2, 0) is 11.2 Å². The number of carbonyl (C=O) groups is 1.